The minimum absolute atomic E-state index is 0.263. The summed E-state index contributed by atoms with van der Waals surface area (Å²) in [7, 11) is 0. The van der Waals surface area contributed by atoms with E-state index >= 15 is 0 Å². The van der Waals surface area contributed by atoms with Gasteiger partial charge in [-0.1, -0.05) is 18.2 Å². The zero-order chi connectivity index (χ0) is 13.1. The molecule has 0 aromatic heterocycles. The number of fused-ring (bicyclic) bond motifs is 1. The van der Waals surface area contributed by atoms with Crippen LogP contribution in [0.3, 0.4) is 0 Å². The molecule has 0 saturated carbocycles. The second kappa shape index (κ2) is 5.08. The third kappa shape index (κ3) is 2.45. The van der Waals surface area contributed by atoms with Gasteiger partial charge in [-0.05, 0) is 19.4 Å². The van der Waals surface area contributed by atoms with Gasteiger partial charge in [-0.3, -0.25) is 9.59 Å². The number of amides is 1. The summed E-state index contributed by atoms with van der Waals surface area (Å²) in [6.07, 6.45) is 0.565. The number of nitrogens with one attached hydrogen (secondary N) is 1. The lowest BCUT2D eigenvalue weighted by Crippen LogP contribution is -2.42. The SMILES string of the molecule is C[C@@H](NC(=O)C1CCOc2ccccc21)C(=O)O. The molecule has 0 saturated heterocycles. The van der Waals surface area contributed by atoms with Gasteiger partial charge >= 0.3 is 5.97 Å². The molecule has 96 valence electrons. The molecule has 1 heterocycles. The number of rotatable bonds is 3. The van der Waals surface area contributed by atoms with Crippen molar-refractivity contribution in [3.8, 4) is 5.75 Å². The van der Waals surface area contributed by atoms with Crippen molar-refractivity contribution >= 4 is 11.9 Å². The Morgan fingerprint density at radius 1 is 1.44 bits per heavy atom. The molecule has 2 rings (SSSR count). The molecule has 1 unspecified atom stereocenters. The highest BCUT2D eigenvalue weighted by molar-refractivity contribution is 5.88. The molecule has 0 aliphatic carbocycles. The molecule has 1 aliphatic rings. The Morgan fingerprint density at radius 2 is 2.17 bits per heavy atom. The third-order valence-electron chi connectivity index (χ3n) is 3.00. The predicted octanol–water partition coefficient (Wildman–Crippen LogP) is 1.14. The molecule has 0 radical (unpaired) electrons. The Labute approximate surface area is 105 Å². The van der Waals surface area contributed by atoms with Crippen LogP contribution in [0.1, 0.15) is 24.8 Å². The Hall–Kier alpha value is -2.04. The van der Waals surface area contributed by atoms with Crippen molar-refractivity contribution in [2.75, 3.05) is 6.61 Å². The highest BCUT2D eigenvalue weighted by Gasteiger charge is 2.29. The second-order valence-electron chi connectivity index (χ2n) is 4.30. The number of benzene rings is 1. The number of carbonyl (C=O) groups excluding carboxylic acids is 1. The Bertz CT molecular complexity index is 472. The van der Waals surface area contributed by atoms with E-state index < -0.39 is 12.0 Å². The number of hydrogen-bond donors (Lipinski definition) is 2. The molecule has 2 N–H and O–H groups in total. The van der Waals surface area contributed by atoms with Crippen LogP contribution >= 0.6 is 0 Å². The Morgan fingerprint density at radius 3 is 2.89 bits per heavy atom. The van der Waals surface area contributed by atoms with Crippen molar-refractivity contribution < 1.29 is 19.4 Å². The molecular formula is C13H15NO4. The Kier molecular flexibility index (Phi) is 3.50. The average Bonchev–Trinajstić information content (AvgIpc) is 2.37. The minimum Gasteiger partial charge on any atom is -0.493 e. The van der Waals surface area contributed by atoms with E-state index in [4.69, 9.17) is 9.84 Å². The highest BCUT2D eigenvalue weighted by Crippen LogP contribution is 2.33. The van der Waals surface area contributed by atoms with Crippen LogP contribution < -0.4 is 10.1 Å². The van der Waals surface area contributed by atoms with Crippen LogP contribution in [0.15, 0.2) is 24.3 Å². The maximum absolute atomic E-state index is 12.0. The lowest BCUT2D eigenvalue weighted by atomic mass is 9.92. The molecule has 2 atom stereocenters. The predicted molar refractivity (Wildman–Crippen MR) is 64.5 cm³/mol. The van der Waals surface area contributed by atoms with Crippen molar-refractivity contribution in [3.05, 3.63) is 29.8 Å². The summed E-state index contributed by atoms with van der Waals surface area (Å²) in [6.45, 7) is 1.92. The van der Waals surface area contributed by atoms with Crippen molar-refractivity contribution in [1.82, 2.24) is 5.32 Å². The van der Waals surface area contributed by atoms with E-state index in [2.05, 4.69) is 5.32 Å². The standard InChI is InChI=1S/C13H15NO4/c1-8(13(16)17)14-12(15)10-6-7-18-11-5-3-2-4-9(10)11/h2-5,8,10H,6-7H2,1H3,(H,14,15)(H,16,17)/t8-,10?/m1/s1. The third-order valence-corrected chi connectivity index (χ3v) is 3.00. The summed E-state index contributed by atoms with van der Waals surface area (Å²) in [5.74, 6) is -0.937. The summed E-state index contributed by atoms with van der Waals surface area (Å²) < 4.78 is 5.46. The van der Waals surface area contributed by atoms with Crippen molar-refractivity contribution in [2.45, 2.75) is 25.3 Å². The van der Waals surface area contributed by atoms with Crippen LogP contribution in [0.4, 0.5) is 0 Å². The monoisotopic (exact) mass is 249 g/mol. The maximum Gasteiger partial charge on any atom is 0.325 e. The fourth-order valence-corrected chi connectivity index (χ4v) is 1.99. The van der Waals surface area contributed by atoms with Gasteiger partial charge in [0.2, 0.25) is 5.91 Å². The van der Waals surface area contributed by atoms with E-state index in [9.17, 15) is 9.59 Å². The van der Waals surface area contributed by atoms with Crippen LogP contribution in [0.25, 0.3) is 0 Å². The molecule has 5 nitrogen and oxygen atoms in total. The number of hydrogen-bond acceptors (Lipinski definition) is 3. The number of para-hydroxylation sites is 1. The lowest BCUT2D eigenvalue weighted by Gasteiger charge is -2.25. The van der Waals surface area contributed by atoms with E-state index in [1.807, 2.05) is 24.3 Å². The normalized spacial score (nSPS) is 19.3. The smallest absolute Gasteiger partial charge is 0.325 e. The van der Waals surface area contributed by atoms with Crippen LogP contribution in [0, 0.1) is 0 Å². The first-order chi connectivity index (χ1) is 8.59. The number of carbonyl (C=O) groups is 2. The van der Waals surface area contributed by atoms with Crippen molar-refractivity contribution in [3.63, 3.8) is 0 Å². The number of carboxylic acids is 1. The summed E-state index contributed by atoms with van der Waals surface area (Å²) in [5.41, 5.74) is 0.818. The summed E-state index contributed by atoms with van der Waals surface area (Å²) in [6, 6.07) is 6.46. The fraction of sp³-hybridized carbons (Fsp3) is 0.385. The first kappa shape index (κ1) is 12.4. The second-order valence-corrected chi connectivity index (χ2v) is 4.30. The van der Waals surface area contributed by atoms with E-state index in [1.165, 1.54) is 6.92 Å². The fourth-order valence-electron chi connectivity index (χ4n) is 1.99. The van der Waals surface area contributed by atoms with E-state index in [-0.39, 0.29) is 11.8 Å². The van der Waals surface area contributed by atoms with Gasteiger partial charge < -0.3 is 15.2 Å². The number of carboxylic acid groups (broad SMARTS) is 1. The largest absolute Gasteiger partial charge is 0.493 e. The minimum atomic E-state index is -1.04. The molecule has 0 bridgehead atoms. The highest BCUT2D eigenvalue weighted by atomic mass is 16.5. The Balaban J connectivity index is 2.15. The average molecular weight is 249 g/mol. The zero-order valence-corrected chi connectivity index (χ0v) is 10.1. The number of ether oxygens (including phenoxy) is 1. The van der Waals surface area contributed by atoms with Crippen LogP contribution in [-0.4, -0.2) is 29.6 Å². The van der Waals surface area contributed by atoms with Crippen molar-refractivity contribution in [2.24, 2.45) is 0 Å². The van der Waals surface area contributed by atoms with Gasteiger partial charge in [0.25, 0.3) is 0 Å². The summed E-state index contributed by atoms with van der Waals surface area (Å²) in [4.78, 5) is 22.8. The van der Waals surface area contributed by atoms with Gasteiger partial charge in [-0.25, -0.2) is 0 Å². The van der Waals surface area contributed by atoms with Crippen LogP contribution in [0.2, 0.25) is 0 Å². The van der Waals surface area contributed by atoms with Crippen LogP contribution in [0.5, 0.6) is 5.75 Å². The molecule has 1 aromatic rings. The van der Waals surface area contributed by atoms with E-state index in [0.717, 1.165) is 5.56 Å². The molecule has 5 heteroatoms. The van der Waals surface area contributed by atoms with E-state index in [0.29, 0.717) is 18.8 Å². The topological polar surface area (TPSA) is 75.6 Å². The van der Waals surface area contributed by atoms with E-state index in [1.54, 1.807) is 0 Å². The van der Waals surface area contributed by atoms with Gasteiger partial charge in [0.05, 0.1) is 12.5 Å². The number of aliphatic carboxylic acids is 1. The summed E-state index contributed by atoms with van der Waals surface area (Å²) in [5, 5.41) is 11.3. The molecule has 1 aliphatic heterocycles. The van der Waals surface area contributed by atoms with Gasteiger partial charge in [-0.15, -0.1) is 0 Å². The first-order valence-electron chi connectivity index (χ1n) is 5.84. The van der Waals surface area contributed by atoms with Crippen LogP contribution in [-0.2, 0) is 9.59 Å². The molecular weight excluding hydrogens is 234 g/mol. The van der Waals surface area contributed by atoms with Gasteiger partial charge in [0, 0.05) is 5.56 Å². The maximum atomic E-state index is 12.0. The molecule has 1 aromatic carbocycles. The van der Waals surface area contributed by atoms with Crippen molar-refractivity contribution in [1.29, 1.82) is 0 Å². The quantitative estimate of drug-likeness (QED) is 0.842. The molecule has 18 heavy (non-hydrogen) atoms. The van der Waals surface area contributed by atoms with Gasteiger partial charge in [0.15, 0.2) is 0 Å². The zero-order valence-electron chi connectivity index (χ0n) is 10.1. The summed E-state index contributed by atoms with van der Waals surface area (Å²) >= 11 is 0. The van der Waals surface area contributed by atoms with Gasteiger partial charge in [0.1, 0.15) is 11.8 Å². The molecule has 1 amide bonds. The molecule has 0 spiro atoms. The lowest BCUT2D eigenvalue weighted by molar-refractivity contribution is -0.141. The molecule has 0 fully saturated rings. The van der Waals surface area contributed by atoms with Gasteiger partial charge in [-0.2, -0.15) is 0 Å². The first-order valence-corrected chi connectivity index (χ1v) is 5.84.